The van der Waals surface area contributed by atoms with Crippen LogP contribution in [0.1, 0.15) is 31.2 Å². The topological polar surface area (TPSA) is 72.0 Å². The van der Waals surface area contributed by atoms with E-state index in [0.717, 1.165) is 17.0 Å². The third-order valence-electron chi connectivity index (χ3n) is 3.86. The van der Waals surface area contributed by atoms with E-state index in [-0.39, 0.29) is 0 Å². The molecule has 0 spiro atoms. The van der Waals surface area contributed by atoms with Crippen molar-refractivity contribution in [3.05, 3.63) is 30.0 Å². The van der Waals surface area contributed by atoms with Gasteiger partial charge in [-0.15, -0.1) is 5.10 Å². The van der Waals surface area contributed by atoms with Gasteiger partial charge in [-0.1, -0.05) is 18.9 Å². The molecule has 1 saturated carbocycles. The van der Waals surface area contributed by atoms with Crippen molar-refractivity contribution in [2.24, 2.45) is 0 Å². The fourth-order valence-electron chi connectivity index (χ4n) is 2.74. The minimum atomic E-state index is 0.463. The van der Waals surface area contributed by atoms with E-state index in [9.17, 15) is 0 Å². The Hall–Kier alpha value is -2.37. The Bertz CT molecular complexity index is 640. The summed E-state index contributed by atoms with van der Waals surface area (Å²) >= 11 is 0. The van der Waals surface area contributed by atoms with Crippen molar-refractivity contribution in [1.82, 2.24) is 15.2 Å². The zero-order chi connectivity index (χ0) is 15.4. The molecular weight excluding hydrogens is 278 g/mol. The molecular formula is C16H21N5O. The third kappa shape index (κ3) is 3.44. The first kappa shape index (κ1) is 14.6. The minimum Gasteiger partial charge on any atom is -0.495 e. The van der Waals surface area contributed by atoms with Gasteiger partial charge >= 0.3 is 0 Å². The second-order valence-corrected chi connectivity index (χ2v) is 5.62. The van der Waals surface area contributed by atoms with Crippen LogP contribution in [0.2, 0.25) is 0 Å². The average molecular weight is 299 g/mol. The molecule has 1 heterocycles. The first-order valence-electron chi connectivity index (χ1n) is 7.62. The van der Waals surface area contributed by atoms with Crippen LogP contribution in [0.3, 0.4) is 0 Å². The van der Waals surface area contributed by atoms with Crippen molar-refractivity contribution in [2.75, 3.05) is 17.7 Å². The molecule has 1 aromatic heterocycles. The summed E-state index contributed by atoms with van der Waals surface area (Å²) in [6.07, 6.45) is 6.49. The molecule has 3 rings (SSSR count). The summed E-state index contributed by atoms with van der Waals surface area (Å²) in [6.45, 7) is 2.04. The molecule has 116 valence electrons. The maximum Gasteiger partial charge on any atom is 0.244 e. The Morgan fingerprint density at radius 1 is 1.23 bits per heavy atom. The summed E-state index contributed by atoms with van der Waals surface area (Å²) in [5.41, 5.74) is 2.02. The van der Waals surface area contributed by atoms with Gasteiger partial charge in [-0.3, -0.25) is 0 Å². The van der Waals surface area contributed by atoms with Crippen LogP contribution in [-0.4, -0.2) is 28.3 Å². The number of nitrogens with zero attached hydrogens (tertiary/aromatic N) is 3. The summed E-state index contributed by atoms with van der Waals surface area (Å²) in [6, 6.07) is 6.43. The van der Waals surface area contributed by atoms with Crippen LogP contribution in [0.4, 0.5) is 17.5 Å². The molecule has 0 atom stereocenters. The van der Waals surface area contributed by atoms with E-state index in [1.54, 1.807) is 13.3 Å². The standard InChI is InChI=1S/C16H21N5O/c1-11-7-8-14(22-2)13(9-11)19-15-10-17-21-16(20-15)18-12-5-3-4-6-12/h7-10,12H,3-6H2,1-2H3,(H2,18,19,20,21). The summed E-state index contributed by atoms with van der Waals surface area (Å²) in [5.74, 6) is 2.00. The van der Waals surface area contributed by atoms with Gasteiger partial charge in [0.1, 0.15) is 5.75 Å². The predicted octanol–water partition coefficient (Wildman–Crippen LogP) is 3.29. The fourth-order valence-corrected chi connectivity index (χ4v) is 2.74. The van der Waals surface area contributed by atoms with Crippen LogP contribution in [0.25, 0.3) is 0 Å². The molecule has 1 fully saturated rings. The van der Waals surface area contributed by atoms with E-state index in [2.05, 4.69) is 25.8 Å². The largest absolute Gasteiger partial charge is 0.495 e. The maximum absolute atomic E-state index is 5.37. The molecule has 0 radical (unpaired) electrons. The highest BCUT2D eigenvalue weighted by Crippen LogP contribution is 2.28. The Labute approximate surface area is 130 Å². The molecule has 2 N–H and O–H groups in total. The number of hydrogen-bond donors (Lipinski definition) is 2. The molecule has 0 amide bonds. The number of aryl methyl sites for hydroxylation is 1. The van der Waals surface area contributed by atoms with Gasteiger partial charge in [0.2, 0.25) is 5.95 Å². The Balaban J connectivity index is 1.76. The Morgan fingerprint density at radius 2 is 2.05 bits per heavy atom. The van der Waals surface area contributed by atoms with Crippen molar-refractivity contribution in [3.63, 3.8) is 0 Å². The Morgan fingerprint density at radius 3 is 2.82 bits per heavy atom. The molecule has 22 heavy (non-hydrogen) atoms. The quantitative estimate of drug-likeness (QED) is 0.882. The number of aromatic nitrogens is 3. The molecule has 2 aromatic rings. The van der Waals surface area contributed by atoms with E-state index in [0.29, 0.717) is 17.8 Å². The number of anilines is 3. The minimum absolute atomic E-state index is 0.463. The van der Waals surface area contributed by atoms with E-state index in [4.69, 9.17) is 4.74 Å². The van der Waals surface area contributed by atoms with E-state index >= 15 is 0 Å². The lowest BCUT2D eigenvalue weighted by molar-refractivity contribution is 0.416. The zero-order valence-electron chi connectivity index (χ0n) is 13.0. The normalized spacial score (nSPS) is 14.8. The van der Waals surface area contributed by atoms with Crippen LogP contribution in [0, 0.1) is 6.92 Å². The van der Waals surface area contributed by atoms with Gasteiger partial charge in [0.05, 0.1) is 19.0 Å². The number of rotatable bonds is 5. The lowest BCUT2D eigenvalue weighted by Crippen LogP contribution is -2.17. The predicted molar refractivity (Wildman–Crippen MR) is 86.7 cm³/mol. The van der Waals surface area contributed by atoms with Gasteiger partial charge in [-0.25, -0.2) is 0 Å². The van der Waals surface area contributed by atoms with E-state index in [1.807, 2.05) is 25.1 Å². The van der Waals surface area contributed by atoms with Gasteiger partial charge in [0.25, 0.3) is 0 Å². The van der Waals surface area contributed by atoms with Gasteiger partial charge < -0.3 is 15.4 Å². The second-order valence-electron chi connectivity index (χ2n) is 5.62. The van der Waals surface area contributed by atoms with Crippen molar-refractivity contribution in [2.45, 2.75) is 38.6 Å². The molecule has 6 nitrogen and oxygen atoms in total. The van der Waals surface area contributed by atoms with Gasteiger partial charge in [0.15, 0.2) is 5.82 Å². The highest BCUT2D eigenvalue weighted by molar-refractivity contribution is 5.65. The van der Waals surface area contributed by atoms with Gasteiger partial charge in [-0.2, -0.15) is 10.1 Å². The van der Waals surface area contributed by atoms with Crippen LogP contribution in [0.5, 0.6) is 5.75 Å². The van der Waals surface area contributed by atoms with Crippen molar-refractivity contribution >= 4 is 17.5 Å². The average Bonchev–Trinajstić information content (AvgIpc) is 3.01. The van der Waals surface area contributed by atoms with E-state index in [1.165, 1.54) is 25.7 Å². The molecule has 0 saturated heterocycles. The van der Waals surface area contributed by atoms with Crippen molar-refractivity contribution < 1.29 is 4.74 Å². The zero-order valence-corrected chi connectivity index (χ0v) is 13.0. The van der Waals surface area contributed by atoms with Crippen molar-refractivity contribution in [1.29, 1.82) is 0 Å². The smallest absolute Gasteiger partial charge is 0.244 e. The lowest BCUT2D eigenvalue weighted by Gasteiger charge is -2.13. The monoisotopic (exact) mass is 299 g/mol. The first-order valence-corrected chi connectivity index (χ1v) is 7.62. The molecule has 6 heteroatoms. The highest BCUT2D eigenvalue weighted by Gasteiger charge is 2.16. The van der Waals surface area contributed by atoms with Crippen molar-refractivity contribution in [3.8, 4) is 5.75 Å². The molecule has 0 unspecified atom stereocenters. The number of methoxy groups -OCH3 is 1. The third-order valence-corrected chi connectivity index (χ3v) is 3.86. The summed E-state index contributed by atoms with van der Waals surface area (Å²) in [5, 5.41) is 14.7. The fraction of sp³-hybridized carbons (Fsp3) is 0.438. The number of ether oxygens (including phenoxy) is 1. The molecule has 0 bridgehead atoms. The van der Waals surface area contributed by atoms with Crippen LogP contribution >= 0.6 is 0 Å². The summed E-state index contributed by atoms with van der Waals surface area (Å²) in [7, 11) is 1.65. The van der Waals surface area contributed by atoms with Gasteiger partial charge in [-0.05, 0) is 37.5 Å². The molecule has 1 aliphatic carbocycles. The van der Waals surface area contributed by atoms with Crippen LogP contribution in [0.15, 0.2) is 24.4 Å². The molecule has 0 aliphatic heterocycles. The number of benzene rings is 1. The summed E-state index contributed by atoms with van der Waals surface area (Å²) in [4.78, 5) is 4.49. The van der Waals surface area contributed by atoms with Gasteiger partial charge in [0, 0.05) is 6.04 Å². The van der Waals surface area contributed by atoms with Crippen LogP contribution in [-0.2, 0) is 0 Å². The number of hydrogen-bond acceptors (Lipinski definition) is 6. The lowest BCUT2D eigenvalue weighted by atomic mass is 10.2. The maximum atomic E-state index is 5.37. The summed E-state index contributed by atoms with van der Waals surface area (Å²) < 4.78 is 5.37. The highest BCUT2D eigenvalue weighted by atomic mass is 16.5. The second kappa shape index (κ2) is 6.60. The molecule has 1 aliphatic rings. The Kier molecular flexibility index (Phi) is 4.37. The SMILES string of the molecule is COc1ccc(C)cc1Nc1cnnc(NC2CCCC2)n1. The van der Waals surface area contributed by atoms with E-state index < -0.39 is 0 Å². The first-order chi connectivity index (χ1) is 10.7. The van der Waals surface area contributed by atoms with Crippen LogP contribution < -0.4 is 15.4 Å². The number of nitrogens with one attached hydrogen (secondary N) is 2. The molecule has 1 aromatic carbocycles.